The maximum absolute atomic E-state index is 12.3. The van der Waals surface area contributed by atoms with Gasteiger partial charge in [0.25, 0.3) is 0 Å². The molecule has 3 aliphatic rings. The Hall–Kier alpha value is -3.68. The summed E-state index contributed by atoms with van der Waals surface area (Å²) in [4.78, 5) is 28.4. The van der Waals surface area contributed by atoms with E-state index in [1.165, 1.54) is 24.5 Å². The molecule has 1 saturated heterocycles. The van der Waals surface area contributed by atoms with Gasteiger partial charge in [0.2, 0.25) is 12.3 Å². The number of fused-ring (bicyclic) bond motifs is 1. The monoisotopic (exact) mass is 583 g/mol. The van der Waals surface area contributed by atoms with E-state index in [9.17, 15) is 9.90 Å². The summed E-state index contributed by atoms with van der Waals surface area (Å²) < 4.78 is 0. The number of piperazine rings is 1. The van der Waals surface area contributed by atoms with Gasteiger partial charge in [-0.1, -0.05) is 74.5 Å². The molecule has 0 spiro atoms. The van der Waals surface area contributed by atoms with E-state index in [1.807, 2.05) is 17.0 Å². The van der Waals surface area contributed by atoms with Crippen molar-refractivity contribution in [2.45, 2.75) is 64.8 Å². The Morgan fingerprint density at radius 2 is 1.79 bits per heavy atom. The van der Waals surface area contributed by atoms with Gasteiger partial charge in [-0.3, -0.25) is 9.69 Å². The molecule has 2 aromatic carbocycles. The Kier molecular flexibility index (Phi) is 7.81. The molecule has 7 nitrogen and oxygen atoms in total. The number of aliphatic hydroxyl groups excluding tert-OH is 1. The highest BCUT2D eigenvalue weighted by Crippen LogP contribution is 2.47. The number of hydrogen-bond acceptors (Lipinski definition) is 6. The zero-order chi connectivity index (χ0) is 29.5. The second kappa shape index (κ2) is 11.5. The van der Waals surface area contributed by atoms with E-state index in [-0.39, 0.29) is 11.9 Å². The molecule has 1 aromatic heterocycles. The van der Waals surface area contributed by atoms with Crippen LogP contribution in [-0.4, -0.2) is 63.7 Å². The summed E-state index contributed by atoms with van der Waals surface area (Å²) in [7, 11) is 0. The number of anilines is 2. The lowest BCUT2D eigenvalue weighted by Crippen LogP contribution is -2.56. The SMILES string of the molecule is C=CC(=O)N1CCN(C2=NC(O)N(c3c(CC)cccc3CC)c3nc(-c4ccccc4C4CC4)c(Cl)cc32)[C@@H](C)C1. The van der Waals surface area contributed by atoms with E-state index in [0.29, 0.717) is 42.2 Å². The maximum atomic E-state index is 12.3. The van der Waals surface area contributed by atoms with E-state index in [4.69, 9.17) is 21.6 Å². The predicted octanol–water partition coefficient (Wildman–Crippen LogP) is 6.30. The number of pyridine rings is 1. The molecule has 2 aliphatic heterocycles. The minimum atomic E-state index is -1.18. The highest BCUT2D eigenvalue weighted by Gasteiger charge is 2.38. The first-order chi connectivity index (χ1) is 20.4. The summed E-state index contributed by atoms with van der Waals surface area (Å²) in [5.41, 5.74) is 7.00. The average molecular weight is 584 g/mol. The zero-order valence-corrected chi connectivity index (χ0v) is 25.3. The standard InChI is InChI=1S/C34H38ClN5O2/c1-5-22-11-10-12-23(6-2)31(22)40-33-27(19-28(35)30(36-33)26-14-9-8-13-25(26)24-15-16-24)32(37-34(40)42)39-18-17-38(20-21(39)4)29(41)7-3/h7-14,19,21,24,34,42H,3,5-6,15-18,20H2,1-2,4H3/t21-,34?/m0/s1. The molecule has 1 aliphatic carbocycles. The fourth-order valence-electron chi connectivity index (χ4n) is 6.40. The van der Waals surface area contributed by atoms with Crippen molar-refractivity contribution in [1.82, 2.24) is 14.8 Å². The van der Waals surface area contributed by atoms with Crippen molar-refractivity contribution in [1.29, 1.82) is 0 Å². The van der Waals surface area contributed by atoms with Crippen LogP contribution in [0.15, 0.2) is 66.2 Å². The minimum absolute atomic E-state index is 0.0313. The molecule has 8 heteroatoms. The van der Waals surface area contributed by atoms with Gasteiger partial charge < -0.3 is 14.9 Å². The van der Waals surface area contributed by atoms with Crippen LogP contribution in [0.2, 0.25) is 5.02 Å². The molecule has 1 unspecified atom stereocenters. The van der Waals surface area contributed by atoms with Gasteiger partial charge in [0.1, 0.15) is 11.7 Å². The minimum Gasteiger partial charge on any atom is -0.355 e. The summed E-state index contributed by atoms with van der Waals surface area (Å²) in [6, 6.07) is 16.6. The van der Waals surface area contributed by atoms with Gasteiger partial charge in [-0.2, -0.15) is 0 Å². The fraction of sp³-hybridized carbons (Fsp3) is 0.382. The normalized spacial score (nSPS) is 20.3. The number of carbonyl (C=O) groups excluding carboxylic acids is 1. The maximum Gasteiger partial charge on any atom is 0.246 e. The third-order valence-electron chi connectivity index (χ3n) is 8.72. The van der Waals surface area contributed by atoms with Gasteiger partial charge in [0.15, 0.2) is 0 Å². The van der Waals surface area contributed by atoms with Crippen molar-refractivity contribution in [2.24, 2.45) is 4.99 Å². The van der Waals surface area contributed by atoms with Crippen molar-refractivity contribution in [3.05, 3.63) is 88.5 Å². The number of aliphatic hydroxyl groups is 1. The Bertz CT molecular complexity index is 1540. The van der Waals surface area contributed by atoms with Crippen LogP contribution in [0.4, 0.5) is 11.5 Å². The van der Waals surface area contributed by atoms with Crippen LogP contribution < -0.4 is 4.90 Å². The number of para-hydroxylation sites is 1. The summed E-state index contributed by atoms with van der Waals surface area (Å²) in [6.45, 7) is 11.6. The summed E-state index contributed by atoms with van der Waals surface area (Å²) >= 11 is 7.08. The Balaban J connectivity index is 1.53. The number of hydrogen-bond donors (Lipinski definition) is 1. The molecule has 1 N–H and O–H groups in total. The Morgan fingerprint density at radius 3 is 2.43 bits per heavy atom. The molecule has 2 fully saturated rings. The molecule has 218 valence electrons. The second-order valence-corrected chi connectivity index (χ2v) is 11.8. The number of aliphatic imine (C=N–C) groups is 1. The van der Waals surface area contributed by atoms with Gasteiger partial charge >= 0.3 is 0 Å². The molecule has 42 heavy (non-hydrogen) atoms. The third kappa shape index (κ3) is 4.99. The number of nitrogens with zero attached hydrogens (tertiary/aromatic N) is 5. The molecule has 0 radical (unpaired) electrons. The number of rotatable bonds is 6. The first-order valence-electron chi connectivity index (χ1n) is 15.0. The number of amides is 1. The number of halogens is 1. The molecule has 1 saturated carbocycles. The topological polar surface area (TPSA) is 72.3 Å². The lowest BCUT2D eigenvalue weighted by molar-refractivity contribution is -0.128. The van der Waals surface area contributed by atoms with Crippen LogP contribution >= 0.6 is 11.6 Å². The highest BCUT2D eigenvalue weighted by molar-refractivity contribution is 6.33. The summed E-state index contributed by atoms with van der Waals surface area (Å²) in [5.74, 6) is 1.74. The summed E-state index contributed by atoms with van der Waals surface area (Å²) in [6.07, 6.45) is 4.13. The lowest BCUT2D eigenvalue weighted by Gasteiger charge is -2.44. The highest BCUT2D eigenvalue weighted by atomic mass is 35.5. The van der Waals surface area contributed by atoms with Crippen LogP contribution in [0, 0.1) is 0 Å². The van der Waals surface area contributed by atoms with Crippen LogP contribution in [0.1, 0.15) is 61.8 Å². The summed E-state index contributed by atoms with van der Waals surface area (Å²) in [5, 5.41) is 12.4. The van der Waals surface area contributed by atoms with Crippen LogP contribution in [0.3, 0.4) is 0 Å². The number of amidine groups is 1. The molecule has 0 bridgehead atoms. The average Bonchev–Trinajstić information content (AvgIpc) is 3.86. The van der Waals surface area contributed by atoms with E-state index in [0.717, 1.165) is 46.5 Å². The van der Waals surface area contributed by atoms with Crippen molar-refractivity contribution in [3.8, 4) is 11.3 Å². The second-order valence-electron chi connectivity index (χ2n) is 11.4. The largest absolute Gasteiger partial charge is 0.355 e. The van der Waals surface area contributed by atoms with Crippen LogP contribution in [0.5, 0.6) is 0 Å². The van der Waals surface area contributed by atoms with Gasteiger partial charge in [0, 0.05) is 31.2 Å². The molecular weight excluding hydrogens is 546 g/mol. The quantitative estimate of drug-likeness (QED) is 0.345. The number of aromatic nitrogens is 1. The van der Waals surface area contributed by atoms with Gasteiger partial charge in [-0.05, 0) is 67.4 Å². The van der Waals surface area contributed by atoms with Crippen LogP contribution in [0.25, 0.3) is 11.3 Å². The van der Waals surface area contributed by atoms with Crippen molar-refractivity contribution in [2.75, 3.05) is 24.5 Å². The van der Waals surface area contributed by atoms with E-state index in [1.54, 1.807) is 4.90 Å². The molecule has 1 amide bonds. The molecule has 3 heterocycles. The fourth-order valence-corrected chi connectivity index (χ4v) is 6.65. The molecule has 6 rings (SSSR count). The smallest absolute Gasteiger partial charge is 0.246 e. The first kappa shape index (κ1) is 28.4. The zero-order valence-electron chi connectivity index (χ0n) is 24.6. The predicted molar refractivity (Wildman–Crippen MR) is 169 cm³/mol. The van der Waals surface area contributed by atoms with Crippen molar-refractivity contribution < 1.29 is 9.90 Å². The van der Waals surface area contributed by atoms with Gasteiger partial charge in [-0.25, -0.2) is 9.98 Å². The van der Waals surface area contributed by atoms with E-state index < -0.39 is 6.35 Å². The van der Waals surface area contributed by atoms with E-state index >= 15 is 0 Å². The van der Waals surface area contributed by atoms with Crippen molar-refractivity contribution in [3.63, 3.8) is 0 Å². The number of aryl methyl sites for hydroxylation is 2. The lowest BCUT2D eigenvalue weighted by atomic mass is 9.98. The van der Waals surface area contributed by atoms with Crippen LogP contribution in [-0.2, 0) is 17.6 Å². The molecular formula is C34H38ClN5O2. The van der Waals surface area contributed by atoms with E-state index in [2.05, 4.69) is 68.6 Å². The Morgan fingerprint density at radius 1 is 1.07 bits per heavy atom. The molecule has 3 aromatic rings. The van der Waals surface area contributed by atoms with Crippen molar-refractivity contribution >= 4 is 34.8 Å². The third-order valence-corrected chi connectivity index (χ3v) is 9.01. The Labute approximate surface area is 253 Å². The number of carbonyl (C=O) groups is 1. The molecule has 2 atom stereocenters. The van der Waals surface area contributed by atoms with Gasteiger partial charge in [-0.15, -0.1) is 0 Å². The van der Waals surface area contributed by atoms with Gasteiger partial charge in [0.05, 0.1) is 22.0 Å². The first-order valence-corrected chi connectivity index (χ1v) is 15.4. The number of benzene rings is 2.